The first kappa shape index (κ1) is 12.3. The Morgan fingerprint density at radius 2 is 2.00 bits per heavy atom. The molecule has 1 aliphatic rings. The van der Waals surface area contributed by atoms with Gasteiger partial charge in [0.25, 0.3) is 5.91 Å². The van der Waals surface area contributed by atoms with E-state index in [0.717, 1.165) is 12.8 Å². The molecule has 0 spiro atoms. The molecule has 1 aromatic rings. The summed E-state index contributed by atoms with van der Waals surface area (Å²) in [5.74, 6) is 0.0173. The van der Waals surface area contributed by atoms with Crippen molar-refractivity contribution in [1.29, 1.82) is 0 Å². The van der Waals surface area contributed by atoms with Crippen molar-refractivity contribution in [1.82, 2.24) is 15.1 Å². The quantitative estimate of drug-likeness (QED) is 0.876. The lowest BCUT2D eigenvalue weighted by molar-refractivity contribution is 0.0509. The molecule has 2 heterocycles. The Kier molecular flexibility index (Phi) is 3.61. The number of piperidine rings is 1. The van der Waals surface area contributed by atoms with E-state index >= 15 is 0 Å². The molecule has 6 heteroatoms. The number of anilines is 1. The van der Waals surface area contributed by atoms with Gasteiger partial charge in [0.15, 0.2) is 0 Å². The summed E-state index contributed by atoms with van der Waals surface area (Å²) in [5.41, 5.74) is 0. The second kappa shape index (κ2) is 5.00. The summed E-state index contributed by atoms with van der Waals surface area (Å²) in [6.45, 7) is 4.21. The van der Waals surface area contributed by atoms with Gasteiger partial charge in [-0.15, -0.1) is 10.2 Å². The number of nitrogens with zero attached hydrogens (tertiary/aromatic N) is 3. The van der Waals surface area contributed by atoms with Gasteiger partial charge in [0.1, 0.15) is 0 Å². The molecule has 1 aromatic heterocycles. The van der Waals surface area contributed by atoms with Crippen molar-refractivity contribution >= 4 is 22.4 Å². The third kappa shape index (κ3) is 2.41. The number of hydrogen-bond donors (Lipinski definition) is 1. The Labute approximate surface area is 105 Å². The minimum atomic E-state index is 0.0173. The topological polar surface area (TPSA) is 58.1 Å². The molecule has 1 saturated heterocycles. The number of aromatic nitrogens is 2. The Morgan fingerprint density at radius 1 is 1.35 bits per heavy atom. The van der Waals surface area contributed by atoms with Gasteiger partial charge in [0, 0.05) is 19.1 Å². The van der Waals surface area contributed by atoms with E-state index in [-0.39, 0.29) is 5.91 Å². The summed E-state index contributed by atoms with van der Waals surface area (Å²) in [4.78, 5) is 14.3. The average Bonchev–Trinajstić information content (AvgIpc) is 2.77. The third-order valence-electron chi connectivity index (χ3n) is 3.25. The van der Waals surface area contributed by atoms with E-state index in [0.29, 0.717) is 22.2 Å². The first-order valence-electron chi connectivity index (χ1n) is 5.97. The standard InChI is InChI=1S/C11H18N4OS/c1-7-5-4-6-8(2)15(7)10(16)9-13-14-11(12-3)17-9/h7-8H,4-6H2,1-3H3,(H,12,14)/t7-,8+. The molecule has 0 unspecified atom stereocenters. The zero-order chi connectivity index (χ0) is 12.4. The molecule has 1 fully saturated rings. The normalized spacial score (nSPS) is 24.8. The monoisotopic (exact) mass is 254 g/mol. The second-order valence-electron chi connectivity index (χ2n) is 4.50. The molecule has 1 amide bonds. The maximum Gasteiger partial charge on any atom is 0.285 e. The first-order chi connectivity index (χ1) is 8.13. The number of likely N-dealkylation sites (tertiary alicyclic amines) is 1. The van der Waals surface area contributed by atoms with Crippen molar-refractivity contribution in [3.63, 3.8) is 0 Å². The summed E-state index contributed by atoms with van der Waals surface area (Å²) >= 11 is 1.31. The Balaban J connectivity index is 2.17. The van der Waals surface area contributed by atoms with E-state index < -0.39 is 0 Å². The van der Waals surface area contributed by atoms with Crippen LogP contribution in [-0.2, 0) is 0 Å². The fourth-order valence-electron chi connectivity index (χ4n) is 2.34. The molecule has 2 atom stereocenters. The first-order valence-corrected chi connectivity index (χ1v) is 6.79. The van der Waals surface area contributed by atoms with Crippen LogP contribution in [0.1, 0.15) is 42.9 Å². The van der Waals surface area contributed by atoms with Crippen LogP contribution in [0.2, 0.25) is 0 Å². The van der Waals surface area contributed by atoms with E-state index in [2.05, 4.69) is 29.4 Å². The van der Waals surface area contributed by atoms with Crippen LogP contribution in [0.25, 0.3) is 0 Å². The highest BCUT2D eigenvalue weighted by Crippen LogP contribution is 2.26. The van der Waals surface area contributed by atoms with Gasteiger partial charge in [-0.25, -0.2) is 0 Å². The van der Waals surface area contributed by atoms with Gasteiger partial charge >= 0.3 is 0 Å². The van der Waals surface area contributed by atoms with Crippen LogP contribution in [0.3, 0.4) is 0 Å². The molecule has 5 nitrogen and oxygen atoms in total. The summed E-state index contributed by atoms with van der Waals surface area (Å²) in [6, 6.07) is 0.598. The number of rotatable bonds is 2. The largest absolute Gasteiger partial charge is 0.363 e. The highest BCUT2D eigenvalue weighted by Gasteiger charge is 2.31. The molecule has 0 radical (unpaired) electrons. The van der Waals surface area contributed by atoms with Crippen LogP contribution in [-0.4, -0.2) is 40.1 Å². The van der Waals surface area contributed by atoms with Gasteiger partial charge < -0.3 is 10.2 Å². The molecular formula is C11H18N4OS. The van der Waals surface area contributed by atoms with Crippen molar-refractivity contribution in [3.8, 4) is 0 Å². The van der Waals surface area contributed by atoms with Crippen molar-refractivity contribution in [3.05, 3.63) is 5.01 Å². The minimum Gasteiger partial charge on any atom is -0.363 e. The van der Waals surface area contributed by atoms with Gasteiger partial charge in [-0.1, -0.05) is 11.3 Å². The van der Waals surface area contributed by atoms with Gasteiger partial charge in [-0.05, 0) is 33.1 Å². The number of amides is 1. The molecular weight excluding hydrogens is 236 g/mol. The minimum absolute atomic E-state index is 0.0173. The molecule has 0 bridgehead atoms. The summed E-state index contributed by atoms with van der Waals surface area (Å²) in [6.07, 6.45) is 3.35. The molecule has 94 valence electrons. The maximum atomic E-state index is 12.4. The molecule has 0 aliphatic carbocycles. The number of nitrogens with one attached hydrogen (secondary N) is 1. The Morgan fingerprint density at radius 3 is 2.53 bits per heavy atom. The van der Waals surface area contributed by atoms with Crippen molar-refractivity contribution in [2.75, 3.05) is 12.4 Å². The molecule has 0 saturated carbocycles. The van der Waals surface area contributed by atoms with Crippen LogP contribution in [0.15, 0.2) is 0 Å². The van der Waals surface area contributed by atoms with Crippen LogP contribution >= 0.6 is 11.3 Å². The van der Waals surface area contributed by atoms with Gasteiger partial charge in [0.2, 0.25) is 10.1 Å². The predicted octanol–water partition coefficient (Wildman–Crippen LogP) is 1.98. The number of hydrogen-bond acceptors (Lipinski definition) is 5. The lowest BCUT2D eigenvalue weighted by Gasteiger charge is -2.38. The highest BCUT2D eigenvalue weighted by atomic mass is 32.1. The molecule has 2 rings (SSSR count). The van der Waals surface area contributed by atoms with Gasteiger partial charge in [-0.3, -0.25) is 4.79 Å². The smallest absolute Gasteiger partial charge is 0.285 e. The molecule has 17 heavy (non-hydrogen) atoms. The van der Waals surface area contributed by atoms with E-state index in [4.69, 9.17) is 0 Å². The van der Waals surface area contributed by atoms with Crippen molar-refractivity contribution < 1.29 is 4.79 Å². The highest BCUT2D eigenvalue weighted by molar-refractivity contribution is 7.17. The lowest BCUT2D eigenvalue weighted by atomic mass is 9.97. The molecule has 0 aromatic carbocycles. The summed E-state index contributed by atoms with van der Waals surface area (Å²) in [5, 5.41) is 11.9. The average molecular weight is 254 g/mol. The van der Waals surface area contributed by atoms with Crippen LogP contribution in [0.4, 0.5) is 5.13 Å². The molecule has 1 aliphatic heterocycles. The van der Waals surface area contributed by atoms with E-state index in [9.17, 15) is 4.79 Å². The second-order valence-corrected chi connectivity index (χ2v) is 5.48. The number of carbonyl (C=O) groups is 1. The van der Waals surface area contributed by atoms with Crippen LogP contribution in [0, 0.1) is 0 Å². The zero-order valence-corrected chi connectivity index (χ0v) is 11.3. The third-order valence-corrected chi connectivity index (χ3v) is 4.18. The van der Waals surface area contributed by atoms with E-state index in [1.807, 2.05) is 4.90 Å². The fraction of sp³-hybridized carbons (Fsp3) is 0.727. The van der Waals surface area contributed by atoms with Gasteiger partial charge in [-0.2, -0.15) is 0 Å². The van der Waals surface area contributed by atoms with Crippen molar-refractivity contribution in [2.45, 2.75) is 45.2 Å². The fourth-order valence-corrected chi connectivity index (χ4v) is 2.98. The Bertz CT molecular complexity index is 396. The van der Waals surface area contributed by atoms with Crippen LogP contribution in [0.5, 0.6) is 0 Å². The zero-order valence-electron chi connectivity index (χ0n) is 10.4. The van der Waals surface area contributed by atoms with Crippen molar-refractivity contribution in [2.24, 2.45) is 0 Å². The Hall–Kier alpha value is -1.17. The molecule has 1 N–H and O–H groups in total. The SMILES string of the molecule is CNc1nnc(C(=O)N2[C@H](C)CCC[C@@H]2C)s1. The summed E-state index contributed by atoms with van der Waals surface area (Å²) < 4.78 is 0. The van der Waals surface area contributed by atoms with E-state index in [1.54, 1.807) is 7.05 Å². The summed E-state index contributed by atoms with van der Waals surface area (Å²) in [7, 11) is 1.78. The van der Waals surface area contributed by atoms with E-state index in [1.165, 1.54) is 17.8 Å². The predicted molar refractivity (Wildman–Crippen MR) is 68.4 cm³/mol. The van der Waals surface area contributed by atoms with Gasteiger partial charge in [0.05, 0.1) is 0 Å². The number of carbonyl (C=O) groups excluding carboxylic acids is 1. The van der Waals surface area contributed by atoms with Crippen LogP contribution < -0.4 is 5.32 Å². The maximum absolute atomic E-state index is 12.4. The lowest BCUT2D eigenvalue weighted by Crippen LogP contribution is -2.47.